The lowest BCUT2D eigenvalue weighted by atomic mass is 10.0. The smallest absolute Gasteiger partial charge is 0.0462 e. The average molecular weight is 213 g/mol. The summed E-state index contributed by atoms with van der Waals surface area (Å²) in [4.78, 5) is 0. The number of ether oxygens (including phenoxy) is 1. The minimum atomic E-state index is 0.667. The van der Waals surface area contributed by atoms with Crippen molar-refractivity contribution in [1.29, 1.82) is 0 Å². The minimum absolute atomic E-state index is 0.667. The van der Waals surface area contributed by atoms with Gasteiger partial charge in [0.2, 0.25) is 0 Å². The van der Waals surface area contributed by atoms with Gasteiger partial charge in [-0.05, 0) is 45.1 Å². The Kier molecular flexibility index (Phi) is 11.5. The van der Waals surface area contributed by atoms with E-state index < -0.39 is 0 Å². The summed E-state index contributed by atoms with van der Waals surface area (Å²) in [7, 11) is 1.77. The monoisotopic (exact) mass is 213 g/mol. The lowest BCUT2D eigenvalue weighted by molar-refractivity contribution is 0.188. The number of allylic oxidation sites excluding steroid dienone is 1. The molecule has 0 aliphatic rings. The van der Waals surface area contributed by atoms with Crippen LogP contribution >= 0.6 is 0 Å². The van der Waals surface area contributed by atoms with Gasteiger partial charge in [0.1, 0.15) is 0 Å². The standard InChI is InChI=1S/C13H27NO/c1-4-6-7-9-13(14-11-5-2)10-8-12-15-3/h4,13-14H,1,5-12H2,2-3H3. The fourth-order valence-corrected chi connectivity index (χ4v) is 1.68. The summed E-state index contributed by atoms with van der Waals surface area (Å²) in [5.74, 6) is 0. The van der Waals surface area contributed by atoms with Crippen molar-refractivity contribution in [1.82, 2.24) is 5.32 Å². The van der Waals surface area contributed by atoms with Gasteiger partial charge in [0.15, 0.2) is 0 Å². The molecule has 2 nitrogen and oxygen atoms in total. The molecule has 0 bridgehead atoms. The molecule has 1 N–H and O–H groups in total. The number of methoxy groups -OCH3 is 1. The van der Waals surface area contributed by atoms with Crippen LogP contribution in [-0.2, 0) is 4.74 Å². The molecule has 0 saturated carbocycles. The molecule has 0 aromatic carbocycles. The third-order valence-corrected chi connectivity index (χ3v) is 2.54. The molecular weight excluding hydrogens is 186 g/mol. The zero-order valence-corrected chi connectivity index (χ0v) is 10.4. The maximum atomic E-state index is 5.08. The summed E-state index contributed by atoms with van der Waals surface area (Å²) in [5, 5.41) is 3.60. The van der Waals surface area contributed by atoms with E-state index in [1.807, 2.05) is 6.08 Å². The highest BCUT2D eigenvalue weighted by Gasteiger charge is 2.06. The molecule has 0 aromatic rings. The predicted octanol–water partition coefficient (Wildman–Crippen LogP) is 3.14. The van der Waals surface area contributed by atoms with Crippen LogP contribution in [0.4, 0.5) is 0 Å². The van der Waals surface area contributed by atoms with Crippen molar-refractivity contribution in [2.24, 2.45) is 0 Å². The first-order chi connectivity index (χ1) is 7.35. The Morgan fingerprint density at radius 3 is 2.67 bits per heavy atom. The average Bonchev–Trinajstić information content (AvgIpc) is 2.25. The van der Waals surface area contributed by atoms with Gasteiger partial charge in [-0.3, -0.25) is 0 Å². The molecule has 90 valence electrons. The van der Waals surface area contributed by atoms with Crippen molar-refractivity contribution in [3.8, 4) is 0 Å². The topological polar surface area (TPSA) is 21.3 Å². The first-order valence-corrected chi connectivity index (χ1v) is 6.18. The molecule has 0 amide bonds. The van der Waals surface area contributed by atoms with Crippen LogP contribution < -0.4 is 5.32 Å². The first-order valence-electron chi connectivity index (χ1n) is 6.18. The van der Waals surface area contributed by atoms with Gasteiger partial charge in [0, 0.05) is 19.8 Å². The molecule has 0 fully saturated rings. The van der Waals surface area contributed by atoms with Crippen molar-refractivity contribution >= 4 is 0 Å². The van der Waals surface area contributed by atoms with Crippen LogP contribution in [0.3, 0.4) is 0 Å². The molecule has 0 aliphatic carbocycles. The second-order valence-corrected chi connectivity index (χ2v) is 4.01. The van der Waals surface area contributed by atoms with Gasteiger partial charge >= 0.3 is 0 Å². The van der Waals surface area contributed by atoms with Gasteiger partial charge in [0.05, 0.1) is 0 Å². The lowest BCUT2D eigenvalue weighted by Crippen LogP contribution is -2.30. The van der Waals surface area contributed by atoms with Crippen molar-refractivity contribution in [2.75, 3.05) is 20.3 Å². The summed E-state index contributed by atoms with van der Waals surface area (Å²) in [6.45, 7) is 7.98. The summed E-state index contributed by atoms with van der Waals surface area (Å²) >= 11 is 0. The van der Waals surface area contributed by atoms with Gasteiger partial charge in [-0.15, -0.1) is 6.58 Å². The fraction of sp³-hybridized carbons (Fsp3) is 0.846. The van der Waals surface area contributed by atoms with E-state index in [9.17, 15) is 0 Å². The molecule has 0 rings (SSSR count). The number of hydrogen-bond acceptors (Lipinski definition) is 2. The van der Waals surface area contributed by atoms with Crippen LogP contribution in [0.25, 0.3) is 0 Å². The molecule has 0 radical (unpaired) electrons. The fourth-order valence-electron chi connectivity index (χ4n) is 1.68. The highest BCUT2D eigenvalue weighted by Crippen LogP contribution is 2.07. The third kappa shape index (κ3) is 9.95. The quantitative estimate of drug-likeness (QED) is 0.420. The van der Waals surface area contributed by atoms with Crippen LogP contribution in [0.5, 0.6) is 0 Å². The third-order valence-electron chi connectivity index (χ3n) is 2.54. The van der Waals surface area contributed by atoms with Crippen molar-refractivity contribution in [3.63, 3.8) is 0 Å². The van der Waals surface area contributed by atoms with E-state index in [2.05, 4.69) is 18.8 Å². The second-order valence-electron chi connectivity index (χ2n) is 4.01. The van der Waals surface area contributed by atoms with E-state index >= 15 is 0 Å². The van der Waals surface area contributed by atoms with E-state index in [1.54, 1.807) is 7.11 Å². The first kappa shape index (κ1) is 14.7. The summed E-state index contributed by atoms with van der Waals surface area (Å²) in [6.07, 6.45) is 9.24. The van der Waals surface area contributed by atoms with Crippen LogP contribution in [-0.4, -0.2) is 26.3 Å². The Bertz CT molecular complexity index is 136. The van der Waals surface area contributed by atoms with Gasteiger partial charge in [0.25, 0.3) is 0 Å². The van der Waals surface area contributed by atoms with E-state index in [1.165, 1.54) is 25.7 Å². The Labute approximate surface area is 95.1 Å². The SMILES string of the molecule is C=CCCCC(CCCOC)NCCC. The summed E-state index contributed by atoms with van der Waals surface area (Å²) in [5.41, 5.74) is 0. The molecule has 0 saturated heterocycles. The molecule has 2 heteroatoms. The highest BCUT2D eigenvalue weighted by molar-refractivity contribution is 4.71. The largest absolute Gasteiger partial charge is 0.385 e. The molecule has 0 aromatic heterocycles. The highest BCUT2D eigenvalue weighted by atomic mass is 16.5. The molecule has 1 atom stereocenters. The normalized spacial score (nSPS) is 12.7. The molecule has 15 heavy (non-hydrogen) atoms. The van der Waals surface area contributed by atoms with Gasteiger partial charge < -0.3 is 10.1 Å². The Morgan fingerprint density at radius 2 is 2.07 bits per heavy atom. The molecular formula is C13H27NO. The molecule has 1 unspecified atom stereocenters. The van der Waals surface area contributed by atoms with Crippen LogP contribution in [0.15, 0.2) is 12.7 Å². The van der Waals surface area contributed by atoms with E-state index in [4.69, 9.17) is 4.74 Å². The Morgan fingerprint density at radius 1 is 1.33 bits per heavy atom. The van der Waals surface area contributed by atoms with E-state index in [0.29, 0.717) is 6.04 Å². The van der Waals surface area contributed by atoms with Gasteiger partial charge in [-0.25, -0.2) is 0 Å². The molecule has 0 heterocycles. The summed E-state index contributed by atoms with van der Waals surface area (Å²) < 4.78 is 5.08. The number of nitrogens with one attached hydrogen (secondary N) is 1. The van der Waals surface area contributed by atoms with E-state index in [0.717, 1.165) is 26.0 Å². The lowest BCUT2D eigenvalue weighted by Gasteiger charge is -2.17. The molecule has 0 spiro atoms. The van der Waals surface area contributed by atoms with Crippen molar-refractivity contribution in [2.45, 2.75) is 51.5 Å². The number of rotatable bonds is 11. The Hall–Kier alpha value is -0.340. The minimum Gasteiger partial charge on any atom is -0.385 e. The zero-order chi connectivity index (χ0) is 11.4. The zero-order valence-electron chi connectivity index (χ0n) is 10.4. The van der Waals surface area contributed by atoms with Gasteiger partial charge in [-0.2, -0.15) is 0 Å². The van der Waals surface area contributed by atoms with Crippen LogP contribution in [0, 0.1) is 0 Å². The van der Waals surface area contributed by atoms with Crippen molar-refractivity contribution < 1.29 is 4.74 Å². The maximum Gasteiger partial charge on any atom is 0.0462 e. The number of unbranched alkanes of at least 4 members (excludes halogenated alkanes) is 1. The van der Waals surface area contributed by atoms with E-state index in [-0.39, 0.29) is 0 Å². The Balaban J connectivity index is 3.57. The summed E-state index contributed by atoms with van der Waals surface area (Å²) in [6, 6.07) is 0.667. The number of hydrogen-bond donors (Lipinski definition) is 1. The van der Waals surface area contributed by atoms with Gasteiger partial charge in [-0.1, -0.05) is 13.0 Å². The molecule has 0 aliphatic heterocycles. The maximum absolute atomic E-state index is 5.08. The van der Waals surface area contributed by atoms with Crippen molar-refractivity contribution in [3.05, 3.63) is 12.7 Å². The van der Waals surface area contributed by atoms with Crippen LogP contribution in [0.2, 0.25) is 0 Å². The van der Waals surface area contributed by atoms with Crippen LogP contribution in [0.1, 0.15) is 45.4 Å². The second kappa shape index (κ2) is 11.7. The predicted molar refractivity (Wildman–Crippen MR) is 67.2 cm³/mol.